The van der Waals surface area contributed by atoms with Gasteiger partial charge in [-0.05, 0) is 37.0 Å². The van der Waals surface area contributed by atoms with Gasteiger partial charge in [0.05, 0.1) is 11.9 Å². The van der Waals surface area contributed by atoms with Crippen molar-refractivity contribution in [3.05, 3.63) is 28.8 Å². The Bertz CT molecular complexity index is 645. The lowest BCUT2D eigenvalue weighted by atomic mass is 10.2. The Balaban J connectivity index is 2.75. The number of rotatable bonds is 8. The van der Waals surface area contributed by atoms with Crippen molar-refractivity contribution in [3.63, 3.8) is 0 Å². The highest BCUT2D eigenvalue weighted by Crippen LogP contribution is 2.26. The first-order valence-corrected chi connectivity index (χ1v) is 9.84. The molecular formula is C16H25ClN2O3S. The molecule has 7 heteroatoms. The number of hydrogen-bond donors (Lipinski definition) is 1. The van der Waals surface area contributed by atoms with E-state index in [0.29, 0.717) is 36.0 Å². The van der Waals surface area contributed by atoms with E-state index in [2.05, 4.69) is 5.32 Å². The fraction of sp³-hybridized carbons (Fsp3) is 0.562. The molecule has 0 saturated heterocycles. The number of nitrogens with zero attached hydrogens (tertiary/aromatic N) is 1. The molecule has 1 amide bonds. The van der Waals surface area contributed by atoms with Gasteiger partial charge in [0.1, 0.15) is 0 Å². The molecule has 0 heterocycles. The van der Waals surface area contributed by atoms with Crippen molar-refractivity contribution in [1.82, 2.24) is 5.32 Å². The predicted octanol–water partition coefficient (Wildman–Crippen LogP) is 2.97. The molecule has 0 bridgehead atoms. The molecule has 0 saturated carbocycles. The van der Waals surface area contributed by atoms with Crippen LogP contribution in [0, 0.1) is 12.8 Å². The summed E-state index contributed by atoms with van der Waals surface area (Å²) in [6, 6.07) is 5.14. The van der Waals surface area contributed by atoms with Crippen LogP contribution < -0.4 is 9.62 Å². The first-order chi connectivity index (χ1) is 10.6. The summed E-state index contributed by atoms with van der Waals surface area (Å²) in [6.45, 7) is 6.75. The number of aryl methyl sites for hydroxylation is 1. The van der Waals surface area contributed by atoms with Crippen LogP contribution in [0.1, 0.15) is 32.3 Å². The van der Waals surface area contributed by atoms with Gasteiger partial charge < -0.3 is 5.32 Å². The van der Waals surface area contributed by atoms with Crippen molar-refractivity contribution in [2.24, 2.45) is 5.92 Å². The number of carbonyl (C=O) groups is 1. The Kier molecular flexibility index (Phi) is 7.35. The van der Waals surface area contributed by atoms with E-state index in [1.165, 1.54) is 4.31 Å². The third kappa shape index (κ3) is 6.79. The number of halogens is 1. The minimum atomic E-state index is -3.44. The van der Waals surface area contributed by atoms with Gasteiger partial charge in [-0.15, -0.1) is 0 Å². The first kappa shape index (κ1) is 19.8. The van der Waals surface area contributed by atoms with Gasteiger partial charge in [0.2, 0.25) is 15.9 Å². The Morgan fingerprint density at radius 1 is 1.35 bits per heavy atom. The van der Waals surface area contributed by atoms with Gasteiger partial charge in [0.25, 0.3) is 0 Å². The molecular weight excluding hydrogens is 336 g/mol. The third-order valence-corrected chi connectivity index (χ3v) is 4.73. The lowest BCUT2D eigenvalue weighted by molar-refractivity contribution is -0.121. The molecule has 0 spiro atoms. The fourth-order valence-corrected chi connectivity index (χ4v) is 3.29. The molecule has 130 valence electrons. The molecule has 23 heavy (non-hydrogen) atoms. The molecule has 1 aromatic carbocycles. The van der Waals surface area contributed by atoms with Gasteiger partial charge in [-0.25, -0.2) is 8.42 Å². The van der Waals surface area contributed by atoms with Crippen LogP contribution in [0.5, 0.6) is 0 Å². The van der Waals surface area contributed by atoms with Crippen molar-refractivity contribution in [1.29, 1.82) is 0 Å². The van der Waals surface area contributed by atoms with E-state index < -0.39 is 10.0 Å². The number of benzene rings is 1. The highest BCUT2D eigenvalue weighted by molar-refractivity contribution is 7.92. The van der Waals surface area contributed by atoms with E-state index in [4.69, 9.17) is 11.6 Å². The highest BCUT2D eigenvalue weighted by atomic mass is 35.5. The molecule has 0 radical (unpaired) electrons. The van der Waals surface area contributed by atoms with Gasteiger partial charge in [-0.2, -0.15) is 0 Å². The summed E-state index contributed by atoms with van der Waals surface area (Å²) in [7, 11) is -3.44. The zero-order valence-corrected chi connectivity index (χ0v) is 15.7. The minimum Gasteiger partial charge on any atom is -0.356 e. The smallest absolute Gasteiger partial charge is 0.232 e. The molecule has 0 atom stereocenters. The van der Waals surface area contributed by atoms with E-state index in [1.54, 1.807) is 18.2 Å². The van der Waals surface area contributed by atoms with Crippen LogP contribution in [0.25, 0.3) is 0 Å². The first-order valence-electron chi connectivity index (χ1n) is 7.62. The second-order valence-corrected chi connectivity index (χ2v) is 8.41. The van der Waals surface area contributed by atoms with Crippen LogP contribution in [0.15, 0.2) is 18.2 Å². The molecule has 0 aliphatic rings. The summed E-state index contributed by atoms with van der Waals surface area (Å²) in [4.78, 5) is 11.7. The monoisotopic (exact) mass is 360 g/mol. The molecule has 0 aromatic heterocycles. The maximum Gasteiger partial charge on any atom is 0.232 e. The van der Waals surface area contributed by atoms with Gasteiger partial charge in [0, 0.05) is 24.5 Å². The van der Waals surface area contributed by atoms with Crippen molar-refractivity contribution in [3.8, 4) is 0 Å². The van der Waals surface area contributed by atoms with E-state index in [-0.39, 0.29) is 12.5 Å². The Labute approximate surface area is 144 Å². The number of nitrogens with one attached hydrogen (secondary N) is 1. The number of anilines is 1. The third-order valence-electron chi connectivity index (χ3n) is 3.31. The maximum atomic E-state index is 12.1. The Morgan fingerprint density at radius 3 is 2.57 bits per heavy atom. The van der Waals surface area contributed by atoms with Gasteiger partial charge in [-0.3, -0.25) is 9.10 Å². The normalized spacial score (nSPS) is 11.6. The zero-order chi connectivity index (χ0) is 17.6. The van der Waals surface area contributed by atoms with Crippen LogP contribution >= 0.6 is 11.6 Å². The summed E-state index contributed by atoms with van der Waals surface area (Å²) in [5.41, 5.74) is 1.38. The van der Waals surface area contributed by atoms with Gasteiger partial charge in [-0.1, -0.05) is 31.5 Å². The second-order valence-electron chi connectivity index (χ2n) is 6.07. The largest absolute Gasteiger partial charge is 0.356 e. The highest BCUT2D eigenvalue weighted by Gasteiger charge is 2.19. The van der Waals surface area contributed by atoms with Crippen molar-refractivity contribution in [2.45, 2.75) is 33.6 Å². The summed E-state index contributed by atoms with van der Waals surface area (Å²) >= 11 is 5.98. The second kappa shape index (κ2) is 8.55. The molecule has 0 aliphatic carbocycles. The molecule has 1 aromatic rings. The molecule has 0 aliphatic heterocycles. The topological polar surface area (TPSA) is 66.5 Å². The van der Waals surface area contributed by atoms with Gasteiger partial charge in [0.15, 0.2) is 0 Å². The van der Waals surface area contributed by atoms with E-state index >= 15 is 0 Å². The van der Waals surface area contributed by atoms with Crippen LogP contribution in [0.4, 0.5) is 5.69 Å². The molecule has 1 rings (SSSR count). The minimum absolute atomic E-state index is 0.0602. The molecule has 5 nitrogen and oxygen atoms in total. The van der Waals surface area contributed by atoms with E-state index in [1.807, 2.05) is 20.8 Å². The average Bonchev–Trinajstić information content (AvgIpc) is 2.43. The number of amides is 1. The standard InChI is InChI=1S/C16H25ClN2O3S/c1-12(2)11-18-16(20)6-5-9-19(23(4,21)22)15-10-14(17)8-7-13(15)3/h7-8,10,12H,5-6,9,11H2,1-4H3,(H,18,20). The number of carbonyl (C=O) groups excluding carboxylic acids is 1. The quantitative estimate of drug-likeness (QED) is 0.775. The summed E-state index contributed by atoms with van der Waals surface area (Å²) in [6.07, 6.45) is 1.90. The fourth-order valence-electron chi connectivity index (χ4n) is 2.11. The average molecular weight is 361 g/mol. The van der Waals surface area contributed by atoms with Crippen molar-refractivity contribution in [2.75, 3.05) is 23.7 Å². The molecule has 1 N–H and O–H groups in total. The van der Waals surface area contributed by atoms with Gasteiger partial charge >= 0.3 is 0 Å². The summed E-state index contributed by atoms with van der Waals surface area (Å²) < 4.78 is 25.4. The van der Waals surface area contributed by atoms with Crippen LogP contribution in [-0.4, -0.2) is 33.7 Å². The number of hydrogen-bond acceptors (Lipinski definition) is 3. The van der Waals surface area contributed by atoms with Crippen LogP contribution in [0.2, 0.25) is 5.02 Å². The molecule has 0 unspecified atom stereocenters. The maximum absolute atomic E-state index is 12.1. The zero-order valence-electron chi connectivity index (χ0n) is 14.1. The van der Waals surface area contributed by atoms with Crippen LogP contribution in [-0.2, 0) is 14.8 Å². The summed E-state index contributed by atoms with van der Waals surface area (Å²) in [5.74, 6) is 0.329. The Morgan fingerprint density at radius 2 is 2.00 bits per heavy atom. The van der Waals surface area contributed by atoms with Crippen LogP contribution in [0.3, 0.4) is 0 Å². The summed E-state index contributed by atoms with van der Waals surface area (Å²) in [5, 5.41) is 3.31. The molecule has 0 fully saturated rings. The van der Waals surface area contributed by atoms with E-state index in [0.717, 1.165) is 11.8 Å². The van der Waals surface area contributed by atoms with Crippen molar-refractivity contribution < 1.29 is 13.2 Å². The Hall–Kier alpha value is -1.27. The number of sulfonamides is 1. The van der Waals surface area contributed by atoms with Crippen molar-refractivity contribution >= 4 is 33.2 Å². The lowest BCUT2D eigenvalue weighted by Crippen LogP contribution is -2.33. The lowest BCUT2D eigenvalue weighted by Gasteiger charge is -2.24. The SMILES string of the molecule is Cc1ccc(Cl)cc1N(CCCC(=O)NCC(C)C)S(C)(=O)=O. The predicted molar refractivity (Wildman–Crippen MR) is 95.5 cm³/mol. The van der Waals surface area contributed by atoms with E-state index in [9.17, 15) is 13.2 Å².